The van der Waals surface area contributed by atoms with Crippen molar-refractivity contribution in [2.45, 2.75) is 64.2 Å². The van der Waals surface area contributed by atoms with Gasteiger partial charge in [0.15, 0.2) is 0 Å². The number of benzene rings is 1. The Bertz CT molecular complexity index is 798. The number of aryl methyl sites for hydroxylation is 1. The van der Waals surface area contributed by atoms with Crippen LogP contribution in [0.15, 0.2) is 18.2 Å². The Kier molecular flexibility index (Phi) is 4.57. The lowest BCUT2D eigenvalue weighted by Gasteiger charge is -2.48. The van der Waals surface area contributed by atoms with E-state index in [1.165, 1.54) is 11.1 Å². The standard InChI is InChI=1S/C22H26O5/c1-22-11-10-16-15-5-3-14(27-21(26)9-8-20(24)25)12-13(15)2-4-17(16)18(22)6-7-19(22)23/h3,5,12,16-18H,2,4,6-11H2,1H3,(H,24,25)/t16?,17?,18?,22-/m0/s1. The number of carboxylic acid groups (broad SMARTS) is 1. The molecular formula is C22H26O5. The van der Waals surface area contributed by atoms with E-state index < -0.39 is 11.9 Å². The lowest BCUT2D eigenvalue weighted by atomic mass is 9.55. The van der Waals surface area contributed by atoms with Crippen LogP contribution < -0.4 is 4.74 Å². The van der Waals surface area contributed by atoms with E-state index in [9.17, 15) is 14.4 Å². The maximum absolute atomic E-state index is 12.4. The minimum atomic E-state index is -1.00. The molecule has 0 spiro atoms. The molecule has 5 nitrogen and oxygen atoms in total. The number of aliphatic carboxylic acids is 1. The van der Waals surface area contributed by atoms with Gasteiger partial charge < -0.3 is 9.84 Å². The SMILES string of the molecule is C[C@]12CCC3c4ccc(OC(=O)CCC(=O)O)cc4CCC3C1CCC2=O. The summed E-state index contributed by atoms with van der Waals surface area (Å²) in [6.45, 7) is 2.18. The molecule has 0 heterocycles. The zero-order valence-corrected chi connectivity index (χ0v) is 15.7. The van der Waals surface area contributed by atoms with Gasteiger partial charge in [0.25, 0.3) is 0 Å². The van der Waals surface area contributed by atoms with Crippen LogP contribution in [0.2, 0.25) is 0 Å². The smallest absolute Gasteiger partial charge is 0.311 e. The van der Waals surface area contributed by atoms with Gasteiger partial charge in [0.2, 0.25) is 0 Å². The molecule has 27 heavy (non-hydrogen) atoms. The molecule has 2 fully saturated rings. The molecule has 4 rings (SSSR count). The van der Waals surface area contributed by atoms with Gasteiger partial charge in [-0.25, -0.2) is 0 Å². The molecule has 1 N–H and O–H groups in total. The van der Waals surface area contributed by atoms with Crippen LogP contribution in [0.1, 0.15) is 68.9 Å². The minimum absolute atomic E-state index is 0.113. The molecule has 0 aliphatic heterocycles. The zero-order valence-electron chi connectivity index (χ0n) is 15.7. The molecule has 144 valence electrons. The van der Waals surface area contributed by atoms with Crippen LogP contribution in [-0.2, 0) is 20.8 Å². The van der Waals surface area contributed by atoms with Crippen molar-refractivity contribution < 1.29 is 24.2 Å². The Labute approximate surface area is 159 Å². The highest BCUT2D eigenvalue weighted by atomic mass is 16.5. The number of ether oxygens (including phenoxy) is 1. The number of esters is 1. The number of rotatable bonds is 4. The predicted octanol–water partition coefficient (Wildman–Crippen LogP) is 3.88. The van der Waals surface area contributed by atoms with Crippen LogP contribution in [0, 0.1) is 17.3 Å². The summed E-state index contributed by atoms with van der Waals surface area (Å²) in [6.07, 6.45) is 5.49. The molecule has 0 saturated heterocycles. The molecule has 0 bridgehead atoms. The van der Waals surface area contributed by atoms with Crippen molar-refractivity contribution in [3.63, 3.8) is 0 Å². The highest BCUT2D eigenvalue weighted by Crippen LogP contribution is 2.59. The lowest BCUT2D eigenvalue weighted by molar-refractivity contribution is -0.142. The van der Waals surface area contributed by atoms with Crippen LogP contribution in [0.3, 0.4) is 0 Å². The first-order chi connectivity index (χ1) is 12.9. The Morgan fingerprint density at radius 3 is 2.78 bits per heavy atom. The number of ketones is 1. The molecule has 3 unspecified atom stereocenters. The molecule has 1 aromatic rings. The minimum Gasteiger partial charge on any atom is -0.481 e. The van der Waals surface area contributed by atoms with E-state index in [-0.39, 0.29) is 18.3 Å². The van der Waals surface area contributed by atoms with Crippen molar-refractivity contribution in [2.75, 3.05) is 0 Å². The first kappa shape index (κ1) is 18.2. The highest BCUT2D eigenvalue weighted by Gasteiger charge is 2.54. The first-order valence-corrected chi connectivity index (χ1v) is 9.97. The van der Waals surface area contributed by atoms with Gasteiger partial charge in [-0.1, -0.05) is 13.0 Å². The van der Waals surface area contributed by atoms with E-state index in [0.29, 0.717) is 29.3 Å². The Hall–Kier alpha value is -2.17. The second-order valence-corrected chi connectivity index (χ2v) is 8.56. The van der Waals surface area contributed by atoms with Crippen LogP contribution in [0.5, 0.6) is 5.75 Å². The number of carbonyl (C=O) groups excluding carboxylic acids is 2. The third kappa shape index (κ3) is 3.17. The fraction of sp³-hybridized carbons (Fsp3) is 0.591. The number of hydrogen-bond donors (Lipinski definition) is 1. The molecular weight excluding hydrogens is 344 g/mol. The summed E-state index contributed by atoms with van der Waals surface area (Å²) < 4.78 is 5.32. The quantitative estimate of drug-likeness (QED) is 0.642. The maximum atomic E-state index is 12.4. The van der Waals surface area contributed by atoms with E-state index in [4.69, 9.17) is 9.84 Å². The van der Waals surface area contributed by atoms with Gasteiger partial charge in [-0.15, -0.1) is 0 Å². The van der Waals surface area contributed by atoms with Crippen LogP contribution in [0.4, 0.5) is 0 Å². The molecule has 3 aliphatic carbocycles. The van der Waals surface area contributed by atoms with Gasteiger partial charge in [0.1, 0.15) is 11.5 Å². The molecule has 0 amide bonds. The van der Waals surface area contributed by atoms with Crippen molar-refractivity contribution in [3.05, 3.63) is 29.3 Å². The second kappa shape index (κ2) is 6.77. The van der Waals surface area contributed by atoms with Gasteiger partial charge in [0.05, 0.1) is 12.8 Å². The average molecular weight is 370 g/mol. The van der Waals surface area contributed by atoms with Crippen LogP contribution in [0.25, 0.3) is 0 Å². The lowest BCUT2D eigenvalue weighted by Crippen LogP contribution is -2.42. The highest BCUT2D eigenvalue weighted by molar-refractivity contribution is 5.87. The second-order valence-electron chi connectivity index (χ2n) is 8.56. The normalized spacial score (nSPS) is 31.6. The van der Waals surface area contributed by atoms with E-state index in [0.717, 1.165) is 38.5 Å². The van der Waals surface area contributed by atoms with E-state index in [2.05, 4.69) is 13.0 Å². The summed E-state index contributed by atoms with van der Waals surface area (Å²) >= 11 is 0. The van der Waals surface area contributed by atoms with Crippen molar-refractivity contribution in [3.8, 4) is 5.75 Å². The zero-order chi connectivity index (χ0) is 19.2. The number of hydrogen-bond acceptors (Lipinski definition) is 4. The Morgan fingerprint density at radius 2 is 2.00 bits per heavy atom. The number of fused-ring (bicyclic) bond motifs is 5. The van der Waals surface area contributed by atoms with Crippen molar-refractivity contribution >= 4 is 17.7 Å². The van der Waals surface area contributed by atoms with E-state index in [1.54, 1.807) is 0 Å². The monoisotopic (exact) mass is 370 g/mol. The summed E-state index contributed by atoms with van der Waals surface area (Å²) in [5.41, 5.74) is 2.46. The predicted molar refractivity (Wildman–Crippen MR) is 98.6 cm³/mol. The summed E-state index contributed by atoms with van der Waals surface area (Å²) in [5.74, 6) is 1.02. The first-order valence-electron chi connectivity index (χ1n) is 9.97. The summed E-state index contributed by atoms with van der Waals surface area (Å²) in [5, 5.41) is 8.67. The number of carboxylic acids is 1. The fourth-order valence-corrected chi connectivity index (χ4v) is 5.78. The molecule has 5 heteroatoms. The fourth-order valence-electron chi connectivity index (χ4n) is 5.78. The van der Waals surface area contributed by atoms with Gasteiger partial charge in [-0.2, -0.15) is 0 Å². The number of Topliss-reactive ketones (excluding diaryl/α,β-unsaturated/α-hetero) is 1. The third-order valence-electron chi connectivity index (χ3n) is 7.18. The molecule has 4 atom stereocenters. The van der Waals surface area contributed by atoms with E-state index >= 15 is 0 Å². The molecule has 2 saturated carbocycles. The topological polar surface area (TPSA) is 80.7 Å². The summed E-state index contributed by atoms with van der Waals surface area (Å²) in [4.78, 5) is 34.8. The molecule has 0 aromatic heterocycles. The maximum Gasteiger partial charge on any atom is 0.311 e. The van der Waals surface area contributed by atoms with Crippen LogP contribution >= 0.6 is 0 Å². The van der Waals surface area contributed by atoms with Crippen LogP contribution in [-0.4, -0.2) is 22.8 Å². The van der Waals surface area contributed by atoms with Crippen molar-refractivity contribution in [2.24, 2.45) is 17.3 Å². The Morgan fingerprint density at radius 1 is 1.19 bits per heavy atom. The van der Waals surface area contributed by atoms with Gasteiger partial charge in [0, 0.05) is 11.8 Å². The Balaban J connectivity index is 1.50. The van der Waals surface area contributed by atoms with Crippen molar-refractivity contribution in [1.29, 1.82) is 0 Å². The molecule has 1 aromatic carbocycles. The molecule has 3 aliphatic rings. The molecule has 0 radical (unpaired) electrons. The average Bonchev–Trinajstić information content (AvgIpc) is 2.94. The number of carbonyl (C=O) groups is 3. The summed E-state index contributed by atoms with van der Waals surface area (Å²) in [6, 6.07) is 5.84. The largest absolute Gasteiger partial charge is 0.481 e. The van der Waals surface area contributed by atoms with Crippen molar-refractivity contribution in [1.82, 2.24) is 0 Å². The van der Waals surface area contributed by atoms with Gasteiger partial charge in [-0.05, 0) is 73.1 Å². The van der Waals surface area contributed by atoms with E-state index in [1.807, 2.05) is 12.1 Å². The third-order valence-corrected chi connectivity index (χ3v) is 7.18. The summed E-state index contributed by atoms with van der Waals surface area (Å²) in [7, 11) is 0. The van der Waals surface area contributed by atoms with Gasteiger partial charge in [-0.3, -0.25) is 14.4 Å². The van der Waals surface area contributed by atoms with Gasteiger partial charge >= 0.3 is 11.9 Å².